The molecule has 1 unspecified atom stereocenters. The Bertz CT molecular complexity index is 1270. The van der Waals surface area contributed by atoms with Crippen molar-refractivity contribution in [1.82, 2.24) is 15.1 Å². The number of unbranched alkanes of at least 4 members (excludes halogenated alkanes) is 3. The maximum atomic E-state index is 13.6. The van der Waals surface area contributed by atoms with Gasteiger partial charge in [-0.1, -0.05) is 38.3 Å². The highest BCUT2D eigenvalue weighted by molar-refractivity contribution is 6.00. The zero-order valence-corrected chi connectivity index (χ0v) is 23.1. The van der Waals surface area contributed by atoms with Crippen LogP contribution in [0.3, 0.4) is 0 Å². The summed E-state index contributed by atoms with van der Waals surface area (Å²) in [5.74, 6) is 1.34. The van der Waals surface area contributed by atoms with Crippen molar-refractivity contribution in [2.45, 2.75) is 58.9 Å². The first kappa shape index (κ1) is 27.5. The quantitative estimate of drug-likeness (QED) is 0.270. The first-order valence-corrected chi connectivity index (χ1v) is 13.4. The summed E-state index contributed by atoms with van der Waals surface area (Å²) in [6, 6.07) is 9.27. The van der Waals surface area contributed by atoms with Crippen LogP contribution in [-0.2, 0) is 4.74 Å². The molecule has 0 spiro atoms. The number of hydrogen-bond donors (Lipinski definition) is 2. The zero-order valence-electron chi connectivity index (χ0n) is 23.1. The predicted molar refractivity (Wildman–Crippen MR) is 147 cm³/mol. The van der Waals surface area contributed by atoms with Crippen molar-refractivity contribution in [3.8, 4) is 28.5 Å². The van der Waals surface area contributed by atoms with Crippen molar-refractivity contribution in [3.63, 3.8) is 0 Å². The maximum absolute atomic E-state index is 13.6. The van der Waals surface area contributed by atoms with Gasteiger partial charge in [-0.2, -0.15) is 5.10 Å². The van der Waals surface area contributed by atoms with E-state index in [0.29, 0.717) is 54.6 Å². The first-order chi connectivity index (χ1) is 18.4. The number of aromatic nitrogens is 2. The molecule has 38 heavy (non-hydrogen) atoms. The maximum Gasteiger partial charge on any atom is 0.273 e. The third-order valence-electron chi connectivity index (χ3n) is 7.07. The second kappa shape index (κ2) is 12.3. The average molecular weight is 522 g/mol. The number of carbonyl (C=O) groups is 1. The SMILES string of the molecule is CCCCCCOc1ccc(C2c3c(-c4cc(C)cc(C)c4O)n[nH]c3C(=O)N2CCCOC)cc1OC. The van der Waals surface area contributed by atoms with E-state index in [-0.39, 0.29) is 11.7 Å². The lowest BCUT2D eigenvalue weighted by molar-refractivity contribution is 0.0723. The molecule has 0 aliphatic carbocycles. The number of nitrogens with one attached hydrogen (secondary N) is 1. The Morgan fingerprint density at radius 3 is 2.58 bits per heavy atom. The molecule has 0 radical (unpaired) electrons. The highest BCUT2D eigenvalue weighted by Gasteiger charge is 2.42. The van der Waals surface area contributed by atoms with Gasteiger partial charge in [0.05, 0.1) is 19.8 Å². The van der Waals surface area contributed by atoms with Crippen LogP contribution in [0.5, 0.6) is 17.2 Å². The summed E-state index contributed by atoms with van der Waals surface area (Å²) >= 11 is 0. The van der Waals surface area contributed by atoms with Gasteiger partial charge in [0, 0.05) is 31.4 Å². The number of rotatable bonds is 13. The number of nitrogens with zero attached hydrogens (tertiary/aromatic N) is 2. The number of aromatic amines is 1. The fourth-order valence-electron chi connectivity index (χ4n) is 5.18. The number of aromatic hydroxyl groups is 1. The van der Waals surface area contributed by atoms with E-state index >= 15 is 0 Å². The lowest BCUT2D eigenvalue weighted by atomic mass is 9.94. The van der Waals surface area contributed by atoms with Crippen molar-refractivity contribution >= 4 is 5.91 Å². The number of carbonyl (C=O) groups excluding carboxylic acids is 1. The van der Waals surface area contributed by atoms with Crippen LogP contribution in [0, 0.1) is 13.8 Å². The van der Waals surface area contributed by atoms with Crippen LogP contribution in [0.4, 0.5) is 0 Å². The summed E-state index contributed by atoms with van der Waals surface area (Å²) in [6.07, 6.45) is 5.19. The minimum Gasteiger partial charge on any atom is -0.507 e. The number of benzene rings is 2. The lowest BCUT2D eigenvalue weighted by Gasteiger charge is -2.27. The number of H-pyrrole nitrogens is 1. The molecule has 2 N–H and O–H groups in total. The van der Waals surface area contributed by atoms with Crippen LogP contribution >= 0.6 is 0 Å². The minimum atomic E-state index is -0.407. The number of ether oxygens (including phenoxy) is 3. The summed E-state index contributed by atoms with van der Waals surface area (Å²) in [7, 11) is 3.28. The standard InChI is InChI=1S/C30H39N3O5/c1-6-7-8-9-15-38-23-12-11-21(18-24(23)37-5)28-25-26(22-17-19(2)16-20(3)29(22)34)31-32-27(25)30(35)33(28)13-10-14-36-4/h11-12,16-18,28,34H,6-10,13-15H2,1-5H3,(H,31,32). The van der Waals surface area contributed by atoms with Gasteiger partial charge >= 0.3 is 0 Å². The molecule has 0 saturated heterocycles. The summed E-state index contributed by atoms with van der Waals surface area (Å²) in [5.41, 5.74) is 5.03. The number of phenols is 1. The molecule has 3 aromatic rings. The van der Waals surface area contributed by atoms with E-state index in [1.165, 1.54) is 12.8 Å². The van der Waals surface area contributed by atoms with Crippen LogP contribution in [0.2, 0.25) is 0 Å². The summed E-state index contributed by atoms with van der Waals surface area (Å²) in [5, 5.41) is 18.4. The largest absolute Gasteiger partial charge is 0.507 e. The molecule has 1 aliphatic rings. The zero-order chi connectivity index (χ0) is 27.2. The molecule has 204 valence electrons. The highest BCUT2D eigenvalue weighted by atomic mass is 16.5. The van der Waals surface area contributed by atoms with Gasteiger partial charge in [0.2, 0.25) is 0 Å². The highest BCUT2D eigenvalue weighted by Crippen LogP contribution is 2.46. The predicted octanol–water partition coefficient (Wildman–Crippen LogP) is 5.95. The molecule has 0 bridgehead atoms. The van der Waals surface area contributed by atoms with Crippen LogP contribution < -0.4 is 9.47 Å². The van der Waals surface area contributed by atoms with Gasteiger partial charge in [-0.15, -0.1) is 0 Å². The molecule has 4 rings (SSSR count). The second-order valence-electron chi connectivity index (χ2n) is 9.91. The Balaban J connectivity index is 1.75. The summed E-state index contributed by atoms with van der Waals surface area (Å²) in [4.78, 5) is 15.4. The minimum absolute atomic E-state index is 0.126. The van der Waals surface area contributed by atoms with Gasteiger partial charge in [-0.25, -0.2) is 0 Å². The fourth-order valence-corrected chi connectivity index (χ4v) is 5.18. The van der Waals surface area contributed by atoms with Gasteiger partial charge in [0.25, 0.3) is 5.91 Å². The number of amides is 1. The van der Waals surface area contributed by atoms with Crippen LogP contribution in [0.1, 0.15) is 77.8 Å². The van der Waals surface area contributed by atoms with E-state index in [1.54, 1.807) is 14.2 Å². The van der Waals surface area contributed by atoms with E-state index in [2.05, 4.69) is 17.1 Å². The summed E-state index contributed by atoms with van der Waals surface area (Å²) < 4.78 is 17.0. The van der Waals surface area contributed by atoms with Crippen LogP contribution in [0.25, 0.3) is 11.3 Å². The smallest absolute Gasteiger partial charge is 0.273 e. The molecule has 1 aliphatic heterocycles. The van der Waals surface area contributed by atoms with Crippen molar-refractivity contribution in [2.75, 3.05) is 34.0 Å². The molecule has 0 fully saturated rings. The van der Waals surface area contributed by atoms with E-state index in [9.17, 15) is 9.90 Å². The Hall–Kier alpha value is -3.52. The Kier molecular flexibility index (Phi) is 8.94. The van der Waals surface area contributed by atoms with Crippen LogP contribution in [0.15, 0.2) is 30.3 Å². The second-order valence-corrected chi connectivity index (χ2v) is 9.91. The molecule has 2 aromatic carbocycles. The van der Waals surface area contributed by atoms with Gasteiger partial charge in [-0.05, 0) is 61.6 Å². The van der Waals surface area contributed by atoms with Gasteiger partial charge in [0.1, 0.15) is 17.1 Å². The number of aryl methyl sites for hydroxylation is 2. The Morgan fingerprint density at radius 1 is 1.03 bits per heavy atom. The van der Waals surface area contributed by atoms with Gasteiger partial charge in [0.15, 0.2) is 11.5 Å². The molecule has 0 saturated carbocycles. The van der Waals surface area contributed by atoms with E-state index < -0.39 is 6.04 Å². The van der Waals surface area contributed by atoms with E-state index in [1.807, 2.05) is 49.1 Å². The molecular formula is C30H39N3O5. The van der Waals surface area contributed by atoms with Crippen molar-refractivity contribution in [1.29, 1.82) is 0 Å². The Labute approximate surface area is 224 Å². The topological polar surface area (TPSA) is 96.9 Å². The number of phenolic OH excluding ortho intramolecular Hbond substituents is 1. The molecular weight excluding hydrogens is 482 g/mol. The molecule has 1 atom stereocenters. The molecule has 8 nitrogen and oxygen atoms in total. The lowest BCUT2D eigenvalue weighted by Crippen LogP contribution is -2.31. The van der Waals surface area contributed by atoms with Gasteiger partial charge < -0.3 is 24.2 Å². The first-order valence-electron chi connectivity index (χ1n) is 13.4. The van der Waals surface area contributed by atoms with E-state index in [0.717, 1.165) is 35.1 Å². The normalized spacial score (nSPS) is 14.7. The number of fused-ring (bicyclic) bond motifs is 1. The monoisotopic (exact) mass is 521 g/mol. The number of methoxy groups -OCH3 is 2. The van der Waals surface area contributed by atoms with Crippen LogP contribution in [-0.4, -0.2) is 60.1 Å². The van der Waals surface area contributed by atoms with E-state index in [4.69, 9.17) is 14.2 Å². The molecule has 2 heterocycles. The van der Waals surface area contributed by atoms with Crippen molar-refractivity contribution in [3.05, 3.63) is 58.3 Å². The number of hydrogen-bond acceptors (Lipinski definition) is 6. The van der Waals surface area contributed by atoms with Crippen molar-refractivity contribution < 1.29 is 24.1 Å². The van der Waals surface area contributed by atoms with Gasteiger partial charge in [-0.3, -0.25) is 9.89 Å². The molecule has 1 aromatic heterocycles. The van der Waals surface area contributed by atoms with Crippen molar-refractivity contribution in [2.24, 2.45) is 0 Å². The molecule has 1 amide bonds. The Morgan fingerprint density at radius 2 is 1.84 bits per heavy atom. The summed E-state index contributed by atoms with van der Waals surface area (Å²) in [6.45, 7) is 7.71. The fraction of sp³-hybridized carbons (Fsp3) is 0.467. The molecule has 8 heteroatoms. The third kappa shape index (κ3) is 5.50. The third-order valence-corrected chi connectivity index (χ3v) is 7.07. The average Bonchev–Trinajstić information content (AvgIpc) is 3.45.